The lowest BCUT2D eigenvalue weighted by atomic mass is 10.1. The summed E-state index contributed by atoms with van der Waals surface area (Å²) in [4.78, 5) is 4.36. The number of benzene rings is 2. The Kier molecular flexibility index (Phi) is 4.39. The molecule has 0 saturated heterocycles. The summed E-state index contributed by atoms with van der Waals surface area (Å²) in [7, 11) is 0. The van der Waals surface area contributed by atoms with Crippen molar-refractivity contribution in [3.8, 4) is 0 Å². The van der Waals surface area contributed by atoms with Crippen LogP contribution in [0.2, 0.25) is 0 Å². The highest BCUT2D eigenvalue weighted by Crippen LogP contribution is 2.24. The normalized spacial score (nSPS) is 14.0. The highest BCUT2D eigenvalue weighted by molar-refractivity contribution is 5.92. The van der Waals surface area contributed by atoms with E-state index in [-0.39, 0.29) is 6.61 Å². The van der Waals surface area contributed by atoms with Gasteiger partial charge in [0.25, 0.3) is 0 Å². The Bertz CT molecular complexity index is 694. The minimum atomic E-state index is 0.0177. The average Bonchev–Trinajstić information content (AvgIpc) is 3.01. The molecule has 0 spiro atoms. The Balaban J connectivity index is 1.67. The van der Waals surface area contributed by atoms with Crippen LogP contribution in [0.15, 0.2) is 47.5 Å². The molecule has 0 radical (unpaired) electrons. The molecule has 0 bridgehead atoms. The van der Waals surface area contributed by atoms with Gasteiger partial charge in [-0.05, 0) is 53.6 Å². The van der Waals surface area contributed by atoms with E-state index in [4.69, 9.17) is 5.73 Å². The molecular weight excluding hydrogens is 274 g/mol. The van der Waals surface area contributed by atoms with Gasteiger partial charge in [-0.25, -0.2) is 4.99 Å². The summed E-state index contributed by atoms with van der Waals surface area (Å²) in [5.74, 6) is 0.394. The number of nitrogens with two attached hydrogens (primary N) is 1. The number of aliphatic hydroxyl groups is 1. The summed E-state index contributed by atoms with van der Waals surface area (Å²) in [6.07, 6.45) is 3.56. The Morgan fingerprint density at radius 3 is 2.68 bits per heavy atom. The molecule has 4 heteroatoms. The summed E-state index contributed by atoms with van der Waals surface area (Å²) in [5.41, 5.74) is 11.7. The quantitative estimate of drug-likeness (QED) is 0.600. The third-order valence-electron chi connectivity index (χ3n) is 4.08. The molecule has 1 aliphatic rings. The Labute approximate surface area is 130 Å². The highest BCUT2D eigenvalue weighted by atomic mass is 16.3. The number of aliphatic hydroxyl groups excluding tert-OH is 1. The summed E-state index contributed by atoms with van der Waals surface area (Å²) in [6, 6.07) is 14.1. The molecule has 1 aliphatic carbocycles. The maximum Gasteiger partial charge on any atom is 0.193 e. The summed E-state index contributed by atoms with van der Waals surface area (Å²) in [5, 5.41) is 12.5. The maximum atomic E-state index is 9.31. The molecule has 114 valence electrons. The molecule has 0 atom stereocenters. The number of hydrogen-bond donors (Lipinski definition) is 3. The lowest BCUT2D eigenvalue weighted by Gasteiger charge is -2.09. The van der Waals surface area contributed by atoms with Gasteiger partial charge in [-0.1, -0.05) is 30.3 Å². The Morgan fingerprint density at radius 1 is 1.09 bits per heavy atom. The van der Waals surface area contributed by atoms with Crippen molar-refractivity contribution in [3.05, 3.63) is 64.7 Å². The first-order chi connectivity index (χ1) is 10.8. The first-order valence-electron chi connectivity index (χ1n) is 7.62. The average molecular weight is 295 g/mol. The Hall–Kier alpha value is -2.33. The molecule has 0 aromatic heterocycles. The van der Waals surface area contributed by atoms with Gasteiger partial charge in [-0.3, -0.25) is 0 Å². The lowest BCUT2D eigenvalue weighted by Crippen LogP contribution is -2.22. The molecular formula is C18H21N3O. The van der Waals surface area contributed by atoms with Crippen LogP contribution in [0.25, 0.3) is 0 Å². The van der Waals surface area contributed by atoms with Crippen LogP contribution >= 0.6 is 0 Å². The van der Waals surface area contributed by atoms with E-state index < -0.39 is 0 Å². The van der Waals surface area contributed by atoms with Gasteiger partial charge in [-0.15, -0.1) is 0 Å². The Morgan fingerprint density at radius 2 is 1.86 bits per heavy atom. The lowest BCUT2D eigenvalue weighted by molar-refractivity contribution is 0.280. The van der Waals surface area contributed by atoms with Gasteiger partial charge < -0.3 is 16.2 Å². The number of guanidine groups is 1. The number of nitrogens with zero attached hydrogens (tertiary/aromatic N) is 1. The van der Waals surface area contributed by atoms with E-state index in [0.717, 1.165) is 23.2 Å². The van der Waals surface area contributed by atoms with E-state index in [1.807, 2.05) is 30.3 Å². The summed E-state index contributed by atoms with van der Waals surface area (Å²) < 4.78 is 0. The predicted octanol–water partition coefficient (Wildman–Crippen LogP) is 2.59. The van der Waals surface area contributed by atoms with Crippen LogP contribution in [0.4, 0.5) is 5.69 Å². The largest absolute Gasteiger partial charge is 0.392 e. The van der Waals surface area contributed by atoms with Crippen LogP contribution in [-0.2, 0) is 26.0 Å². The van der Waals surface area contributed by atoms with Gasteiger partial charge in [0.1, 0.15) is 0 Å². The van der Waals surface area contributed by atoms with E-state index in [2.05, 4.69) is 22.4 Å². The predicted molar refractivity (Wildman–Crippen MR) is 89.8 cm³/mol. The minimum absolute atomic E-state index is 0.0177. The van der Waals surface area contributed by atoms with Crippen LogP contribution in [0.5, 0.6) is 0 Å². The number of hydrogen-bond acceptors (Lipinski definition) is 2. The molecule has 0 saturated carbocycles. The smallest absolute Gasteiger partial charge is 0.193 e. The van der Waals surface area contributed by atoms with E-state index in [1.54, 1.807) is 0 Å². The molecule has 0 aliphatic heterocycles. The molecule has 0 heterocycles. The monoisotopic (exact) mass is 295 g/mol. The third-order valence-corrected chi connectivity index (χ3v) is 4.08. The molecule has 3 rings (SSSR count). The number of aliphatic imine (C=N–C) groups is 1. The fraction of sp³-hybridized carbons (Fsp3) is 0.278. The number of anilines is 1. The van der Waals surface area contributed by atoms with Crippen molar-refractivity contribution in [2.24, 2.45) is 10.7 Å². The number of nitrogens with one attached hydrogen (secondary N) is 1. The fourth-order valence-corrected chi connectivity index (χ4v) is 2.87. The van der Waals surface area contributed by atoms with Gasteiger partial charge >= 0.3 is 0 Å². The fourth-order valence-electron chi connectivity index (χ4n) is 2.87. The maximum absolute atomic E-state index is 9.31. The van der Waals surface area contributed by atoms with Crippen molar-refractivity contribution >= 4 is 11.6 Å². The van der Waals surface area contributed by atoms with Crippen LogP contribution in [0.3, 0.4) is 0 Å². The van der Waals surface area contributed by atoms with Gasteiger partial charge in [0, 0.05) is 5.69 Å². The summed E-state index contributed by atoms with van der Waals surface area (Å²) in [6.45, 7) is 0.477. The SMILES string of the molecule is NC(=NCc1ccccc1CO)Nc1ccc2c(c1)CCC2. The molecule has 4 N–H and O–H groups in total. The number of rotatable bonds is 4. The zero-order valence-electron chi connectivity index (χ0n) is 12.5. The molecule has 2 aromatic rings. The van der Waals surface area contributed by atoms with E-state index >= 15 is 0 Å². The van der Waals surface area contributed by atoms with E-state index in [9.17, 15) is 5.11 Å². The minimum Gasteiger partial charge on any atom is -0.392 e. The molecule has 0 unspecified atom stereocenters. The molecule has 22 heavy (non-hydrogen) atoms. The van der Waals surface area contributed by atoms with Crippen LogP contribution in [0.1, 0.15) is 28.7 Å². The zero-order chi connectivity index (χ0) is 15.4. The van der Waals surface area contributed by atoms with Crippen molar-refractivity contribution in [3.63, 3.8) is 0 Å². The van der Waals surface area contributed by atoms with Gasteiger partial charge in [0.15, 0.2) is 5.96 Å². The van der Waals surface area contributed by atoms with Crippen LogP contribution < -0.4 is 11.1 Å². The number of aryl methyl sites for hydroxylation is 2. The highest BCUT2D eigenvalue weighted by Gasteiger charge is 2.10. The van der Waals surface area contributed by atoms with Crippen molar-refractivity contribution < 1.29 is 5.11 Å². The molecule has 0 amide bonds. The van der Waals surface area contributed by atoms with Crippen molar-refractivity contribution in [1.82, 2.24) is 0 Å². The van der Waals surface area contributed by atoms with E-state index in [0.29, 0.717) is 12.5 Å². The van der Waals surface area contributed by atoms with Crippen molar-refractivity contribution in [2.45, 2.75) is 32.4 Å². The first-order valence-corrected chi connectivity index (χ1v) is 7.62. The molecule has 0 fully saturated rings. The summed E-state index contributed by atoms with van der Waals surface area (Å²) >= 11 is 0. The van der Waals surface area contributed by atoms with Crippen molar-refractivity contribution in [2.75, 3.05) is 5.32 Å². The topological polar surface area (TPSA) is 70.6 Å². The molecule has 2 aromatic carbocycles. The zero-order valence-corrected chi connectivity index (χ0v) is 12.5. The molecule has 4 nitrogen and oxygen atoms in total. The second-order valence-corrected chi connectivity index (χ2v) is 5.59. The standard InChI is InChI=1S/C18H21N3O/c19-18(20-11-15-4-1-2-5-16(15)12-22)21-17-9-8-13-6-3-7-14(13)10-17/h1-2,4-5,8-10,22H,3,6-7,11-12H2,(H3,19,20,21). The second-order valence-electron chi connectivity index (χ2n) is 5.59. The van der Waals surface area contributed by atoms with Gasteiger partial charge in [0.05, 0.1) is 13.2 Å². The van der Waals surface area contributed by atoms with Gasteiger partial charge in [0.2, 0.25) is 0 Å². The first kappa shape index (κ1) is 14.6. The van der Waals surface area contributed by atoms with Gasteiger partial charge in [-0.2, -0.15) is 0 Å². The van der Waals surface area contributed by atoms with Crippen LogP contribution in [-0.4, -0.2) is 11.1 Å². The third kappa shape index (κ3) is 3.28. The van der Waals surface area contributed by atoms with Crippen LogP contribution in [0, 0.1) is 0 Å². The second kappa shape index (κ2) is 6.62. The number of fused-ring (bicyclic) bond motifs is 1. The van der Waals surface area contributed by atoms with E-state index in [1.165, 1.54) is 24.0 Å². The van der Waals surface area contributed by atoms with Crippen molar-refractivity contribution in [1.29, 1.82) is 0 Å².